The van der Waals surface area contributed by atoms with Crippen LogP contribution < -0.4 is 0 Å². The topological polar surface area (TPSA) is 42.2 Å². The van der Waals surface area contributed by atoms with E-state index in [1.165, 1.54) is 0 Å². The summed E-state index contributed by atoms with van der Waals surface area (Å²) in [6, 6.07) is 5.94. The maximum absolute atomic E-state index is 11.1. The molecule has 0 atom stereocenters. The first-order chi connectivity index (χ1) is 7.63. The van der Waals surface area contributed by atoms with E-state index in [1.807, 2.05) is 29.7 Å². The standard InChI is InChI=1S/C13H15NO2/c1-3-6-14-8-11(13(15)16)10-7-9(2)4-5-12(10)14/h4-5,7-8H,3,6H2,1-2H3,(H,15,16). The van der Waals surface area contributed by atoms with E-state index >= 15 is 0 Å². The Morgan fingerprint density at radius 2 is 2.19 bits per heavy atom. The van der Waals surface area contributed by atoms with Crippen molar-refractivity contribution in [1.82, 2.24) is 4.57 Å². The van der Waals surface area contributed by atoms with Crippen LogP contribution in [-0.4, -0.2) is 15.6 Å². The number of rotatable bonds is 3. The summed E-state index contributed by atoms with van der Waals surface area (Å²) in [4.78, 5) is 11.1. The molecular weight excluding hydrogens is 202 g/mol. The predicted octanol–water partition coefficient (Wildman–Crippen LogP) is 3.06. The third kappa shape index (κ3) is 1.69. The van der Waals surface area contributed by atoms with E-state index in [2.05, 4.69) is 6.92 Å². The summed E-state index contributed by atoms with van der Waals surface area (Å²) in [6.07, 6.45) is 2.73. The molecular formula is C13H15NO2. The van der Waals surface area contributed by atoms with Gasteiger partial charge in [0, 0.05) is 23.6 Å². The average Bonchev–Trinajstić information content (AvgIpc) is 2.57. The molecule has 0 aliphatic carbocycles. The van der Waals surface area contributed by atoms with Crippen molar-refractivity contribution in [2.75, 3.05) is 0 Å². The van der Waals surface area contributed by atoms with Gasteiger partial charge in [-0.3, -0.25) is 0 Å². The van der Waals surface area contributed by atoms with Crippen LogP contribution in [0.2, 0.25) is 0 Å². The van der Waals surface area contributed by atoms with E-state index in [-0.39, 0.29) is 0 Å². The highest BCUT2D eigenvalue weighted by atomic mass is 16.4. The van der Waals surface area contributed by atoms with E-state index in [0.29, 0.717) is 5.56 Å². The zero-order chi connectivity index (χ0) is 11.7. The summed E-state index contributed by atoms with van der Waals surface area (Å²) in [5.74, 6) is -0.856. The van der Waals surface area contributed by atoms with Crippen LogP contribution in [0.1, 0.15) is 29.3 Å². The first kappa shape index (κ1) is 10.7. The SMILES string of the molecule is CCCn1cc(C(=O)O)c2cc(C)ccc21. The molecule has 1 aromatic carbocycles. The Balaban J connectivity index is 2.71. The van der Waals surface area contributed by atoms with Gasteiger partial charge in [-0.05, 0) is 25.5 Å². The molecule has 1 N–H and O–H groups in total. The van der Waals surface area contributed by atoms with Gasteiger partial charge in [-0.1, -0.05) is 18.6 Å². The van der Waals surface area contributed by atoms with Crippen LogP contribution in [0.3, 0.4) is 0 Å². The Bertz CT molecular complexity index is 540. The summed E-state index contributed by atoms with van der Waals surface area (Å²) in [7, 11) is 0. The lowest BCUT2D eigenvalue weighted by molar-refractivity contribution is 0.0699. The minimum absolute atomic E-state index is 0.396. The van der Waals surface area contributed by atoms with Gasteiger partial charge in [-0.2, -0.15) is 0 Å². The molecule has 0 amide bonds. The summed E-state index contributed by atoms with van der Waals surface area (Å²) in [6.45, 7) is 4.91. The van der Waals surface area contributed by atoms with Crippen molar-refractivity contribution in [2.45, 2.75) is 26.8 Å². The van der Waals surface area contributed by atoms with Crippen LogP contribution in [0.15, 0.2) is 24.4 Å². The zero-order valence-corrected chi connectivity index (χ0v) is 9.53. The zero-order valence-electron chi connectivity index (χ0n) is 9.53. The number of hydrogen-bond donors (Lipinski definition) is 1. The molecule has 0 bridgehead atoms. The second-order valence-corrected chi connectivity index (χ2v) is 4.06. The largest absolute Gasteiger partial charge is 0.478 e. The van der Waals surface area contributed by atoms with E-state index < -0.39 is 5.97 Å². The lowest BCUT2D eigenvalue weighted by atomic mass is 10.1. The van der Waals surface area contributed by atoms with Gasteiger partial charge in [-0.15, -0.1) is 0 Å². The normalized spacial score (nSPS) is 10.9. The highest BCUT2D eigenvalue weighted by molar-refractivity contribution is 6.03. The van der Waals surface area contributed by atoms with Crippen LogP contribution in [0.25, 0.3) is 10.9 Å². The second kappa shape index (κ2) is 4.00. The molecule has 0 aliphatic heterocycles. The van der Waals surface area contributed by atoms with Gasteiger partial charge in [0.15, 0.2) is 0 Å². The summed E-state index contributed by atoms with van der Waals surface area (Å²) < 4.78 is 2.01. The third-order valence-corrected chi connectivity index (χ3v) is 2.73. The Morgan fingerprint density at radius 3 is 2.81 bits per heavy atom. The number of carbonyl (C=O) groups is 1. The molecule has 0 unspecified atom stereocenters. The summed E-state index contributed by atoms with van der Waals surface area (Å²) in [5.41, 5.74) is 2.49. The molecule has 0 aliphatic rings. The molecule has 1 aromatic heterocycles. The first-order valence-electron chi connectivity index (χ1n) is 5.46. The molecule has 2 rings (SSSR count). The van der Waals surface area contributed by atoms with Gasteiger partial charge in [-0.25, -0.2) is 4.79 Å². The fourth-order valence-corrected chi connectivity index (χ4v) is 2.01. The van der Waals surface area contributed by atoms with E-state index in [1.54, 1.807) is 6.20 Å². The van der Waals surface area contributed by atoms with Gasteiger partial charge in [0.2, 0.25) is 0 Å². The number of aromatic nitrogens is 1. The lowest BCUT2D eigenvalue weighted by Crippen LogP contribution is -1.96. The summed E-state index contributed by atoms with van der Waals surface area (Å²) >= 11 is 0. The highest BCUT2D eigenvalue weighted by Gasteiger charge is 2.13. The number of nitrogens with zero attached hydrogens (tertiary/aromatic N) is 1. The average molecular weight is 217 g/mol. The van der Waals surface area contributed by atoms with Gasteiger partial charge in [0.05, 0.1) is 5.56 Å². The van der Waals surface area contributed by atoms with Crippen molar-refractivity contribution in [1.29, 1.82) is 0 Å². The van der Waals surface area contributed by atoms with E-state index in [4.69, 9.17) is 5.11 Å². The second-order valence-electron chi connectivity index (χ2n) is 4.06. The van der Waals surface area contributed by atoms with Gasteiger partial charge in [0.25, 0.3) is 0 Å². The maximum Gasteiger partial charge on any atom is 0.337 e. The van der Waals surface area contributed by atoms with Crippen LogP contribution in [0.5, 0.6) is 0 Å². The van der Waals surface area contributed by atoms with Crippen LogP contribution >= 0.6 is 0 Å². The molecule has 1 heterocycles. The molecule has 0 fully saturated rings. The van der Waals surface area contributed by atoms with Gasteiger partial charge in [0.1, 0.15) is 0 Å². The smallest absolute Gasteiger partial charge is 0.337 e. The number of benzene rings is 1. The van der Waals surface area contributed by atoms with Crippen molar-refractivity contribution >= 4 is 16.9 Å². The van der Waals surface area contributed by atoms with Crippen molar-refractivity contribution in [3.63, 3.8) is 0 Å². The fraction of sp³-hybridized carbons (Fsp3) is 0.308. The molecule has 0 spiro atoms. The minimum Gasteiger partial charge on any atom is -0.478 e. The lowest BCUT2D eigenvalue weighted by Gasteiger charge is -2.02. The monoisotopic (exact) mass is 217 g/mol. The van der Waals surface area contributed by atoms with Crippen LogP contribution in [0, 0.1) is 6.92 Å². The number of aryl methyl sites for hydroxylation is 2. The third-order valence-electron chi connectivity index (χ3n) is 2.73. The maximum atomic E-state index is 11.1. The molecule has 0 radical (unpaired) electrons. The number of aromatic carboxylic acids is 1. The van der Waals surface area contributed by atoms with Crippen molar-refractivity contribution in [3.8, 4) is 0 Å². The molecule has 0 saturated carbocycles. The predicted molar refractivity (Wildman–Crippen MR) is 63.9 cm³/mol. The molecule has 16 heavy (non-hydrogen) atoms. The number of fused-ring (bicyclic) bond motifs is 1. The summed E-state index contributed by atoms with van der Waals surface area (Å²) in [5, 5.41) is 9.98. The molecule has 3 nitrogen and oxygen atoms in total. The fourth-order valence-electron chi connectivity index (χ4n) is 2.01. The Morgan fingerprint density at radius 1 is 1.44 bits per heavy atom. The minimum atomic E-state index is -0.856. The van der Waals surface area contributed by atoms with E-state index in [9.17, 15) is 4.79 Å². The number of carboxylic acid groups (broad SMARTS) is 1. The van der Waals surface area contributed by atoms with Crippen molar-refractivity contribution in [2.24, 2.45) is 0 Å². The number of carboxylic acids is 1. The molecule has 2 aromatic rings. The van der Waals surface area contributed by atoms with Crippen molar-refractivity contribution < 1.29 is 9.90 Å². The van der Waals surface area contributed by atoms with E-state index in [0.717, 1.165) is 29.4 Å². The first-order valence-corrected chi connectivity index (χ1v) is 5.46. The highest BCUT2D eigenvalue weighted by Crippen LogP contribution is 2.23. The van der Waals surface area contributed by atoms with Crippen LogP contribution in [0.4, 0.5) is 0 Å². The molecule has 0 saturated heterocycles. The quantitative estimate of drug-likeness (QED) is 0.858. The number of hydrogen-bond acceptors (Lipinski definition) is 1. The van der Waals surface area contributed by atoms with Gasteiger partial charge < -0.3 is 9.67 Å². The van der Waals surface area contributed by atoms with Crippen molar-refractivity contribution in [3.05, 3.63) is 35.5 Å². The molecule has 84 valence electrons. The molecule has 3 heteroatoms. The Labute approximate surface area is 94.3 Å². The Hall–Kier alpha value is -1.77. The Kier molecular flexibility index (Phi) is 2.69. The van der Waals surface area contributed by atoms with Gasteiger partial charge >= 0.3 is 5.97 Å². The van der Waals surface area contributed by atoms with Crippen LogP contribution in [-0.2, 0) is 6.54 Å².